The number of aryl methyl sites for hydroxylation is 2. The van der Waals surface area contributed by atoms with Crippen molar-refractivity contribution < 1.29 is 9.63 Å². The van der Waals surface area contributed by atoms with Gasteiger partial charge in [0.05, 0.1) is 5.39 Å². The van der Waals surface area contributed by atoms with Crippen molar-refractivity contribution in [3.05, 3.63) is 41.0 Å². The number of piperazine rings is 1. The number of carbonyl (C=O) groups is 1. The van der Waals surface area contributed by atoms with E-state index in [1.165, 1.54) is 9.72 Å². The van der Waals surface area contributed by atoms with Gasteiger partial charge in [0.1, 0.15) is 33.8 Å². The first kappa shape index (κ1) is 23.6. The largest absolute Gasteiger partial charge is 0.375 e. The topological polar surface area (TPSA) is 89.3 Å². The van der Waals surface area contributed by atoms with Gasteiger partial charge >= 0.3 is 0 Å². The number of benzene rings is 1. The van der Waals surface area contributed by atoms with E-state index < -0.39 is 0 Å². The average Bonchev–Trinajstić information content (AvgIpc) is 3.50. The second kappa shape index (κ2) is 10.7. The number of aldehydes is 1. The highest BCUT2D eigenvalue weighted by Gasteiger charge is 2.28. The van der Waals surface area contributed by atoms with Gasteiger partial charge in [-0.25, -0.2) is 9.97 Å². The quantitative estimate of drug-likeness (QED) is 0.310. The molecule has 0 amide bonds. The Morgan fingerprint density at radius 3 is 2.74 bits per heavy atom. The highest BCUT2D eigenvalue weighted by Crippen LogP contribution is 2.32. The number of hydrogen-bond donors (Lipinski definition) is 0. The smallest absolute Gasteiger partial charge is 0.181 e. The predicted molar refractivity (Wildman–Crippen MR) is 138 cm³/mol. The standard InChI is InChI=1S/C25H31N7O2S/c1-3-8-22-26-24(19-17-18(4-2)35-25(19)27-22)31-14-12-30(13-15-31)23(11-7-16-33)34-32-21-10-6-5-9-20(21)28-29-32/h5-6,9-10,16-17,23H,3-4,7-8,11-15H2,1-2H3. The Labute approximate surface area is 208 Å². The number of para-hydroxylation sites is 1. The molecule has 0 radical (unpaired) electrons. The predicted octanol–water partition coefficient (Wildman–Crippen LogP) is 3.51. The number of hydrogen-bond acceptors (Lipinski definition) is 9. The lowest BCUT2D eigenvalue weighted by atomic mass is 10.2. The summed E-state index contributed by atoms with van der Waals surface area (Å²) in [6.07, 6.45) is 4.62. The Morgan fingerprint density at radius 2 is 1.97 bits per heavy atom. The molecule has 0 N–H and O–H groups in total. The van der Waals surface area contributed by atoms with Gasteiger partial charge in [0.25, 0.3) is 0 Å². The second-order valence-corrected chi connectivity index (χ2v) is 9.89. The third-order valence-corrected chi connectivity index (χ3v) is 7.56. The summed E-state index contributed by atoms with van der Waals surface area (Å²) in [5, 5.41) is 9.52. The van der Waals surface area contributed by atoms with Gasteiger partial charge in [-0.15, -0.1) is 16.4 Å². The lowest BCUT2D eigenvalue weighted by Gasteiger charge is -2.39. The second-order valence-electron chi connectivity index (χ2n) is 8.78. The van der Waals surface area contributed by atoms with Gasteiger partial charge in [0.15, 0.2) is 6.23 Å². The Kier molecular flexibility index (Phi) is 7.19. The summed E-state index contributed by atoms with van der Waals surface area (Å²) in [5.74, 6) is 1.97. The molecule has 1 fully saturated rings. The fourth-order valence-electron chi connectivity index (χ4n) is 4.52. The molecule has 35 heavy (non-hydrogen) atoms. The molecule has 1 unspecified atom stereocenters. The van der Waals surface area contributed by atoms with Gasteiger partial charge in [-0.3, -0.25) is 4.90 Å². The van der Waals surface area contributed by atoms with E-state index in [1.807, 2.05) is 24.3 Å². The van der Waals surface area contributed by atoms with E-state index in [4.69, 9.17) is 14.8 Å². The van der Waals surface area contributed by atoms with Crippen LogP contribution in [0.4, 0.5) is 5.82 Å². The molecule has 5 rings (SSSR count). The Balaban J connectivity index is 1.34. The molecule has 184 valence electrons. The third kappa shape index (κ3) is 4.99. The number of aromatic nitrogens is 5. The lowest BCUT2D eigenvalue weighted by molar-refractivity contribution is -0.111. The van der Waals surface area contributed by atoms with Gasteiger partial charge in [0, 0.05) is 50.3 Å². The summed E-state index contributed by atoms with van der Waals surface area (Å²) < 4.78 is 0. The first-order chi connectivity index (χ1) is 17.2. The third-order valence-electron chi connectivity index (χ3n) is 6.39. The highest BCUT2D eigenvalue weighted by atomic mass is 32.1. The highest BCUT2D eigenvalue weighted by molar-refractivity contribution is 7.18. The molecule has 1 aromatic carbocycles. The van der Waals surface area contributed by atoms with Crippen molar-refractivity contribution in [2.45, 2.75) is 52.2 Å². The zero-order chi connectivity index (χ0) is 24.2. The van der Waals surface area contributed by atoms with E-state index in [-0.39, 0.29) is 6.23 Å². The number of carbonyl (C=O) groups excluding carboxylic acids is 1. The molecule has 0 aliphatic carbocycles. The van der Waals surface area contributed by atoms with E-state index >= 15 is 0 Å². The molecule has 3 aromatic heterocycles. The number of anilines is 1. The molecule has 9 nitrogen and oxygen atoms in total. The van der Waals surface area contributed by atoms with Crippen LogP contribution in [0.1, 0.15) is 43.8 Å². The van der Waals surface area contributed by atoms with E-state index in [0.29, 0.717) is 12.8 Å². The average molecular weight is 494 g/mol. The lowest BCUT2D eigenvalue weighted by Crippen LogP contribution is -2.53. The molecular formula is C25H31N7O2S. The van der Waals surface area contributed by atoms with Gasteiger partial charge in [-0.1, -0.05) is 30.8 Å². The van der Waals surface area contributed by atoms with E-state index in [0.717, 1.165) is 84.6 Å². The summed E-state index contributed by atoms with van der Waals surface area (Å²) >= 11 is 1.78. The first-order valence-corrected chi connectivity index (χ1v) is 13.2. The van der Waals surface area contributed by atoms with Crippen LogP contribution < -0.4 is 9.74 Å². The van der Waals surface area contributed by atoms with Crippen LogP contribution in [0.5, 0.6) is 0 Å². The van der Waals surface area contributed by atoms with Crippen LogP contribution in [-0.2, 0) is 17.6 Å². The van der Waals surface area contributed by atoms with E-state index in [1.54, 1.807) is 11.3 Å². The van der Waals surface area contributed by atoms with Crippen molar-refractivity contribution in [1.29, 1.82) is 0 Å². The molecule has 0 saturated carbocycles. The summed E-state index contributed by atoms with van der Waals surface area (Å²) in [6.45, 7) is 7.60. The van der Waals surface area contributed by atoms with Gasteiger partial charge < -0.3 is 14.5 Å². The minimum atomic E-state index is -0.263. The van der Waals surface area contributed by atoms with Crippen LogP contribution in [0.25, 0.3) is 21.3 Å². The molecule has 0 spiro atoms. The summed E-state index contributed by atoms with van der Waals surface area (Å²) in [7, 11) is 0. The molecular weight excluding hydrogens is 462 g/mol. The van der Waals surface area contributed by atoms with Crippen LogP contribution in [0.15, 0.2) is 30.3 Å². The summed E-state index contributed by atoms with van der Waals surface area (Å²) in [4.78, 5) is 35.8. The Hall–Kier alpha value is -3.11. The maximum Gasteiger partial charge on any atom is 0.181 e. The van der Waals surface area contributed by atoms with Crippen molar-refractivity contribution in [2.75, 3.05) is 31.1 Å². The fourth-order valence-corrected chi connectivity index (χ4v) is 5.51. The van der Waals surface area contributed by atoms with Crippen molar-refractivity contribution in [1.82, 2.24) is 30.0 Å². The number of thiophene rings is 1. The SMILES string of the molecule is CCCc1nc(N2CCN(C(CCC=O)On3nnc4ccccc43)CC2)c2cc(CC)sc2n1. The van der Waals surface area contributed by atoms with Crippen molar-refractivity contribution in [3.63, 3.8) is 0 Å². The number of nitrogens with zero attached hydrogens (tertiary/aromatic N) is 7. The maximum atomic E-state index is 11.2. The molecule has 4 aromatic rings. The summed E-state index contributed by atoms with van der Waals surface area (Å²) in [5.41, 5.74) is 1.60. The van der Waals surface area contributed by atoms with Crippen LogP contribution >= 0.6 is 11.3 Å². The molecule has 10 heteroatoms. The maximum absolute atomic E-state index is 11.2. The van der Waals surface area contributed by atoms with Gasteiger partial charge in [-0.05, 0) is 36.3 Å². The van der Waals surface area contributed by atoms with Gasteiger partial charge in [0.2, 0.25) is 0 Å². The zero-order valence-corrected chi connectivity index (χ0v) is 21.1. The first-order valence-electron chi connectivity index (χ1n) is 12.4. The minimum Gasteiger partial charge on any atom is -0.375 e. The Morgan fingerprint density at radius 1 is 1.14 bits per heavy atom. The van der Waals surface area contributed by atoms with E-state index in [2.05, 4.69) is 40.0 Å². The monoisotopic (exact) mass is 493 g/mol. The Bertz CT molecular complexity index is 1300. The van der Waals surface area contributed by atoms with Crippen LogP contribution in [0.3, 0.4) is 0 Å². The number of rotatable bonds is 10. The fraction of sp³-hybridized carbons (Fsp3) is 0.480. The zero-order valence-electron chi connectivity index (χ0n) is 20.3. The minimum absolute atomic E-state index is 0.263. The van der Waals surface area contributed by atoms with Gasteiger partial charge in [-0.2, -0.15) is 0 Å². The van der Waals surface area contributed by atoms with Crippen molar-refractivity contribution >= 4 is 44.7 Å². The molecule has 1 aliphatic heterocycles. The normalized spacial score (nSPS) is 15.7. The van der Waals surface area contributed by atoms with Crippen molar-refractivity contribution in [3.8, 4) is 0 Å². The molecule has 4 heterocycles. The van der Waals surface area contributed by atoms with Crippen LogP contribution in [-0.4, -0.2) is 68.7 Å². The molecule has 1 saturated heterocycles. The van der Waals surface area contributed by atoms with Crippen LogP contribution in [0, 0.1) is 0 Å². The molecule has 1 aliphatic rings. The molecule has 1 atom stereocenters. The summed E-state index contributed by atoms with van der Waals surface area (Å²) in [6, 6.07) is 9.96. The van der Waals surface area contributed by atoms with Crippen molar-refractivity contribution in [2.24, 2.45) is 0 Å². The van der Waals surface area contributed by atoms with E-state index in [9.17, 15) is 4.79 Å². The number of fused-ring (bicyclic) bond motifs is 2. The van der Waals surface area contributed by atoms with Crippen LogP contribution in [0.2, 0.25) is 0 Å². The molecule has 0 bridgehead atoms.